The molecule has 0 heterocycles. The molecule has 1 rings (SSSR count). The zero-order valence-corrected chi connectivity index (χ0v) is 19.5. The zero-order valence-electron chi connectivity index (χ0n) is 19.5. The van der Waals surface area contributed by atoms with Gasteiger partial charge in [0.05, 0.1) is 19.4 Å². The van der Waals surface area contributed by atoms with Crippen LogP contribution in [0.1, 0.15) is 96.5 Å². The Bertz CT molecular complexity index is 629. The van der Waals surface area contributed by atoms with Gasteiger partial charge in [0.15, 0.2) is 0 Å². The van der Waals surface area contributed by atoms with Gasteiger partial charge in [-0.2, -0.15) is 5.10 Å². The van der Waals surface area contributed by atoms with E-state index in [0.717, 1.165) is 24.2 Å². The van der Waals surface area contributed by atoms with Gasteiger partial charge in [-0.3, -0.25) is 9.59 Å². The molecule has 1 aromatic carbocycles. The summed E-state index contributed by atoms with van der Waals surface area (Å²) < 4.78 is 5.38. The van der Waals surface area contributed by atoms with Crippen LogP contribution in [0.15, 0.2) is 29.4 Å². The number of hydrogen-bond acceptors (Lipinski definition) is 4. The molecule has 0 unspecified atom stereocenters. The van der Waals surface area contributed by atoms with Crippen molar-refractivity contribution < 1.29 is 14.3 Å². The molecule has 1 aromatic rings. The first-order valence-corrected chi connectivity index (χ1v) is 12.0. The van der Waals surface area contributed by atoms with Crippen LogP contribution in [0.4, 0.5) is 0 Å². The van der Waals surface area contributed by atoms with Crippen molar-refractivity contribution >= 4 is 18.0 Å². The molecule has 0 fully saturated rings. The van der Waals surface area contributed by atoms with Crippen LogP contribution in [-0.4, -0.2) is 31.2 Å². The van der Waals surface area contributed by atoms with E-state index in [0.29, 0.717) is 13.0 Å². The lowest BCUT2D eigenvalue weighted by Gasteiger charge is -2.05. The Morgan fingerprint density at radius 1 is 0.839 bits per heavy atom. The second-order valence-corrected chi connectivity index (χ2v) is 7.86. The summed E-state index contributed by atoms with van der Waals surface area (Å²) in [6.45, 7) is 4.74. The molecule has 31 heavy (non-hydrogen) atoms. The van der Waals surface area contributed by atoms with Crippen molar-refractivity contribution in [2.75, 3.05) is 13.2 Å². The number of amides is 2. The predicted octanol–water partition coefficient (Wildman–Crippen LogP) is 5.35. The SMILES string of the molecule is CCCCCCCCCCCCCC(=O)NCC(=O)NN=Cc1ccc(OCC)cc1. The van der Waals surface area contributed by atoms with Gasteiger partial charge in [-0.15, -0.1) is 0 Å². The number of hydrogen-bond donors (Lipinski definition) is 2. The van der Waals surface area contributed by atoms with Crippen molar-refractivity contribution in [3.63, 3.8) is 0 Å². The maximum absolute atomic E-state index is 11.8. The molecule has 0 spiro atoms. The Balaban J connectivity index is 1.99. The van der Waals surface area contributed by atoms with Crippen LogP contribution in [0.3, 0.4) is 0 Å². The van der Waals surface area contributed by atoms with Gasteiger partial charge in [0.25, 0.3) is 5.91 Å². The highest BCUT2D eigenvalue weighted by atomic mass is 16.5. The number of ether oxygens (including phenoxy) is 1. The summed E-state index contributed by atoms with van der Waals surface area (Å²) in [6.07, 6.45) is 15.8. The smallest absolute Gasteiger partial charge is 0.259 e. The van der Waals surface area contributed by atoms with Gasteiger partial charge in [-0.25, -0.2) is 5.43 Å². The van der Waals surface area contributed by atoms with Crippen LogP contribution >= 0.6 is 0 Å². The first kappa shape index (κ1) is 26.7. The molecule has 0 bridgehead atoms. The lowest BCUT2D eigenvalue weighted by Crippen LogP contribution is -2.34. The average molecular weight is 432 g/mol. The van der Waals surface area contributed by atoms with E-state index < -0.39 is 0 Å². The van der Waals surface area contributed by atoms with E-state index in [1.54, 1.807) is 6.21 Å². The summed E-state index contributed by atoms with van der Waals surface area (Å²) >= 11 is 0. The molecule has 2 amide bonds. The second-order valence-electron chi connectivity index (χ2n) is 7.86. The minimum atomic E-state index is -0.338. The molecular formula is C25H41N3O3. The molecule has 0 aliphatic rings. The summed E-state index contributed by atoms with van der Waals surface area (Å²) in [4.78, 5) is 23.6. The highest BCUT2D eigenvalue weighted by Gasteiger charge is 2.04. The van der Waals surface area contributed by atoms with E-state index in [9.17, 15) is 9.59 Å². The molecule has 174 valence electrons. The van der Waals surface area contributed by atoms with Gasteiger partial charge in [0.1, 0.15) is 5.75 Å². The number of rotatable bonds is 18. The lowest BCUT2D eigenvalue weighted by atomic mass is 10.1. The quantitative estimate of drug-likeness (QED) is 0.187. The first-order valence-electron chi connectivity index (χ1n) is 12.0. The number of carbonyl (C=O) groups excluding carboxylic acids is 2. The highest BCUT2D eigenvalue weighted by molar-refractivity contribution is 5.86. The Hall–Kier alpha value is -2.37. The largest absolute Gasteiger partial charge is 0.494 e. The van der Waals surface area contributed by atoms with Gasteiger partial charge < -0.3 is 10.1 Å². The van der Waals surface area contributed by atoms with Gasteiger partial charge in [-0.1, -0.05) is 71.1 Å². The van der Waals surface area contributed by atoms with Gasteiger partial charge in [0.2, 0.25) is 5.91 Å². The molecule has 0 saturated heterocycles. The topological polar surface area (TPSA) is 79.8 Å². The molecule has 0 aliphatic heterocycles. The fraction of sp³-hybridized carbons (Fsp3) is 0.640. The van der Waals surface area contributed by atoms with Crippen molar-refractivity contribution in [3.8, 4) is 5.75 Å². The van der Waals surface area contributed by atoms with Crippen LogP contribution < -0.4 is 15.5 Å². The van der Waals surface area contributed by atoms with Gasteiger partial charge in [0, 0.05) is 6.42 Å². The molecule has 0 atom stereocenters. The van der Waals surface area contributed by atoms with E-state index in [1.807, 2.05) is 31.2 Å². The monoisotopic (exact) mass is 431 g/mol. The third-order valence-electron chi connectivity index (χ3n) is 5.05. The van der Waals surface area contributed by atoms with Crippen LogP contribution in [0.25, 0.3) is 0 Å². The number of hydrazone groups is 1. The summed E-state index contributed by atoms with van der Waals surface area (Å²) in [7, 11) is 0. The van der Waals surface area contributed by atoms with E-state index in [-0.39, 0.29) is 18.4 Å². The fourth-order valence-electron chi connectivity index (χ4n) is 3.25. The summed E-state index contributed by atoms with van der Waals surface area (Å²) in [5, 5.41) is 6.56. The molecule has 0 saturated carbocycles. The second kappa shape index (κ2) is 18.4. The third kappa shape index (κ3) is 15.1. The lowest BCUT2D eigenvalue weighted by molar-refractivity contribution is -0.126. The minimum Gasteiger partial charge on any atom is -0.494 e. The van der Waals surface area contributed by atoms with Crippen LogP contribution in [-0.2, 0) is 9.59 Å². The van der Waals surface area contributed by atoms with E-state index >= 15 is 0 Å². The number of benzene rings is 1. The van der Waals surface area contributed by atoms with E-state index in [1.165, 1.54) is 57.8 Å². The van der Waals surface area contributed by atoms with Crippen molar-refractivity contribution in [2.24, 2.45) is 5.10 Å². The summed E-state index contributed by atoms with van der Waals surface area (Å²) in [5.74, 6) is 0.375. The number of nitrogens with one attached hydrogen (secondary N) is 2. The molecule has 6 heteroatoms. The molecule has 0 radical (unpaired) electrons. The maximum Gasteiger partial charge on any atom is 0.259 e. The van der Waals surface area contributed by atoms with Crippen molar-refractivity contribution in [1.82, 2.24) is 10.7 Å². The number of unbranched alkanes of at least 4 members (excludes halogenated alkanes) is 10. The highest BCUT2D eigenvalue weighted by Crippen LogP contribution is 2.12. The zero-order chi connectivity index (χ0) is 22.6. The Labute approximate surface area is 188 Å². The normalized spacial score (nSPS) is 10.9. The van der Waals surface area contributed by atoms with E-state index in [4.69, 9.17) is 4.74 Å². The molecular weight excluding hydrogens is 390 g/mol. The molecule has 6 nitrogen and oxygen atoms in total. The Kier molecular flexibility index (Phi) is 15.8. The summed E-state index contributed by atoms with van der Waals surface area (Å²) in [6, 6.07) is 7.41. The summed E-state index contributed by atoms with van der Waals surface area (Å²) in [5.41, 5.74) is 3.27. The number of carbonyl (C=O) groups is 2. The minimum absolute atomic E-state index is 0.0581. The molecule has 0 aromatic heterocycles. The van der Waals surface area contributed by atoms with Crippen LogP contribution in [0.2, 0.25) is 0 Å². The van der Waals surface area contributed by atoms with E-state index in [2.05, 4.69) is 22.8 Å². The maximum atomic E-state index is 11.8. The average Bonchev–Trinajstić information content (AvgIpc) is 2.77. The Morgan fingerprint density at radius 2 is 1.42 bits per heavy atom. The van der Waals surface area contributed by atoms with Crippen LogP contribution in [0, 0.1) is 0 Å². The number of nitrogens with zero attached hydrogens (tertiary/aromatic N) is 1. The van der Waals surface area contributed by atoms with Crippen LogP contribution in [0.5, 0.6) is 5.75 Å². The fourth-order valence-corrected chi connectivity index (χ4v) is 3.25. The third-order valence-corrected chi connectivity index (χ3v) is 5.05. The molecule has 2 N–H and O–H groups in total. The van der Waals surface area contributed by atoms with Gasteiger partial charge in [-0.05, 0) is 43.2 Å². The standard InChI is InChI=1S/C25H41N3O3/c1-3-5-6-7-8-9-10-11-12-13-14-15-24(29)26-21-25(30)28-27-20-22-16-18-23(19-17-22)31-4-2/h16-20H,3-15,21H2,1-2H3,(H,26,29)(H,28,30). The van der Waals surface area contributed by atoms with Crippen molar-refractivity contribution in [2.45, 2.75) is 90.9 Å². The van der Waals surface area contributed by atoms with Crippen molar-refractivity contribution in [1.29, 1.82) is 0 Å². The molecule has 0 aliphatic carbocycles. The van der Waals surface area contributed by atoms with Gasteiger partial charge >= 0.3 is 0 Å². The predicted molar refractivity (Wildman–Crippen MR) is 127 cm³/mol. The Morgan fingerprint density at radius 3 is 2.00 bits per heavy atom. The van der Waals surface area contributed by atoms with Crippen molar-refractivity contribution in [3.05, 3.63) is 29.8 Å². The first-order chi connectivity index (χ1) is 15.2.